The Hall–Kier alpha value is -3.45. The van der Waals surface area contributed by atoms with Crippen molar-refractivity contribution in [2.45, 2.75) is 19.9 Å². The van der Waals surface area contributed by atoms with Crippen LogP contribution in [0.3, 0.4) is 0 Å². The summed E-state index contributed by atoms with van der Waals surface area (Å²) in [6.07, 6.45) is 0.962. The van der Waals surface area contributed by atoms with Gasteiger partial charge in [-0.05, 0) is 36.2 Å². The number of aromatic amines is 1. The number of nitrogens with zero attached hydrogens (tertiary/aromatic N) is 3. The van der Waals surface area contributed by atoms with E-state index in [-0.39, 0.29) is 17.0 Å². The molecule has 158 valence electrons. The molecule has 7 heteroatoms. The maximum atomic E-state index is 12.8. The molecule has 1 fully saturated rings. The number of benzene rings is 2. The molecule has 5 rings (SSSR count). The summed E-state index contributed by atoms with van der Waals surface area (Å²) in [6, 6.07) is 15.4. The van der Waals surface area contributed by atoms with E-state index < -0.39 is 0 Å². The molecule has 4 aromatic rings. The van der Waals surface area contributed by atoms with Crippen LogP contribution in [-0.4, -0.2) is 51.9 Å². The third kappa shape index (κ3) is 3.72. The fourth-order valence-corrected chi connectivity index (χ4v) is 4.11. The van der Waals surface area contributed by atoms with Crippen molar-refractivity contribution in [2.24, 2.45) is 0 Å². The van der Waals surface area contributed by atoms with Gasteiger partial charge in [0.2, 0.25) is 5.58 Å². The standard InChI is InChI=1S/C24H24N4O3/c1-2-16-7-9-17(10-8-16)24(30)28-13-11-27(12-14-28)15-20-25-21-18-5-3-4-6-19(18)31-22(21)23(29)26-20/h3-10H,2,11-15H2,1H3,(H,25,26,29). The smallest absolute Gasteiger partial charge is 0.294 e. The number of hydrogen-bond acceptors (Lipinski definition) is 5. The molecule has 31 heavy (non-hydrogen) atoms. The average molecular weight is 416 g/mol. The van der Waals surface area contributed by atoms with Crippen LogP contribution in [0.4, 0.5) is 0 Å². The molecule has 0 radical (unpaired) electrons. The SMILES string of the molecule is CCc1ccc(C(=O)N2CCN(Cc3nc4c(oc5ccccc54)c(=O)[nH]3)CC2)cc1. The molecule has 0 bridgehead atoms. The third-order valence-electron chi connectivity index (χ3n) is 5.92. The Kier molecular flexibility index (Phi) is 5.03. The highest BCUT2D eigenvalue weighted by atomic mass is 16.3. The van der Waals surface area contributed by atoms with Gasteiger partial charge in [-0.3, -0.25) is 14.5 Å². The normalized spacial score (nSPS) is 15.1. The summed E-state index contributed by atoms with van der Waals surface area (Å²) < 4.78 is 5.66. The maximum Gasteiger partial charge on any atom is 0.294 e. The number of piperazine rings is 1. The molecule has 1 amide bonds. The van der Waals surface area contributed by atoms with Crippen molar-refractivity contribution in [3.05, 3.63) is 75.8 Å². The van der Waals surface area contributed by atoms with Crippen LogP contribution in [0, 0.1) is 0 Å². The highest BCUT2D eigenvalue weighted by Gasteiger charge is 2.23. The first-order chi connectivity index (χ1) is 15.1. The minimum Gasteiger partial charge on any atom is -0.449 e. The second-order valence-electron chi connectivity index (χ2n) is 7.91. The largest absolute Gasteiger partial charge is 0.449 e. The van der Waals surface area contributed by atoms with Crippen molar-refractivity contribution in [1.82, 2.24) is 19.8 Å². The van der Waals surface area contributed by atoms with Crippen LogP contribution in [-0.2, 0) is 13.0 Å². The summed E-state index contributed by atoms with van der Waals surface area (Å²) in [5.41, 5.74) is 3.21. The van der Waals surface area contributed by atoms with Crippen LogP contribution in [0.25, 0.3) is 22.1 Å². The highest BCUT2D eigenvalue weighted by Crippen LogP contribution is 2.24. The van der Waals surface area contributed by atoms with E-state index in [0.29, 0.717) is 36.6 Å². The number of aromatic nitrogens is 2. The summed E-state index contributed by atoms with van der Waals surface area (Å²) in [5.74, 6) is 0.680. The Bertz CT molecular complexity index is 1300. The molecule has 1 saturated heterocycles. The number of furan rings is 1. The number of aryl methyl sites for hydroxylation is 1. The van der Waals surface area contributed by atoms with Gasteiger partial charge in [-0.1, -0.05) is 31.2 Å². The first kappa shape index (κ1) is 19.5. The molecule has 0 spiro atoms. The fraction of sp³-hybridized carbons (Fsp3) is 0.292. The lowest BCUT2D eigenvalue weighted by molar-refractivity contribution is 0.0625. The topological polar surface area (TPSA) is 82.4 Å². The van der Waals surface area contributed by atoms with Gasteiger partial charge < -0.3 is 14.3 Å². The van der Waals surface area contributed by atoms with Crippen molar-refractivity contribution in [2.75, 3.05) is 26.2 Å². The van der Waals surface area contributed by atoms with Crippen molar-refractivity contribution < 1.29 is 9.21 Å². The average Bonchev–Trinajstić information content (AvgIpc) is 3.19. The van der Waals surface area contributed by atoms with Gasteiger partial charge in [-0.15, -0.1) is 0 Å². The van der Waals surface area contributed by atoms with Gasteiger partial charge in [0.15, 0.2) is 0 Å². The van der Waals surface area contributed by atoms with Gasteiger partial charge in [0, 0.05) is 37.1 Å². The summed E-state index contributed by atoms with van der Waals surface area (Å²) in [5, 5.41) is 0.842. The molecular weight excluding hydrogens is 392 g/mol. The molecule has 1 N–H and O–H groups in total. The van der Waals surface area contributed by atoms with Gasteiger partial charge in [0.25, 0.3) is 11.5 Å². The van der Waals surface area contributed by atoms with Crippen molar-refractivity contribution in [3.8, 4) is 0 Å². The minimum atomic E-state index is -0.263. The van der Waals surface area contributed by atoms with E-state index in [1.165, 1.54) is 5.56 Å². The first-order valence-electron chi connectivity index (χ1n) is 10.6. The van der Waals surface area contributed by atoms with Crippen LogP contribution in [0.5, 0.6) is 0 Å². The summed E-state index contributed by atoms with van der Waals surface area (Å²) in [6.45, 7) is 5.38. The number of hydrogen-bond donors (Lipinski definition) is 1. The molecule has 2 aromatic heterocycles. The summed E-state index contributed by atoms with van der Waals surface area (Å²) in [4.78, 5) is 36.9. The lowest BCUT2D eigenvalue weighted by Gasteiger charge is -2.34. The molecular formula is C24H24N4O3. The predicted octanol–water partition coefficient (Wildman–Crippen LogP) is 3.19. The quantitative estimate of drug-likeness (QED) is 0.553. The van der Waals surface area contributed by atoms with Crippen LogP contribution < -0.4 is 5.56 Å². The molecule has 3 heterocycles. The van der Waals surface area contributed by atoms with E-state index in [0.717, 1.165) is 30.5 Å². The Morgan fingerprint density at radius 2 is 1.81 bits per heavy atom. The van der Waals surface area contributed by atoms with Gasteiger partial charge in [0.05, 0.1) is 6.54 Å². The monoisotopic (exact) mass is 416 g/mol. The van der Waals surface area contributed by atoms with Crippen molar-refractivity contribution in [1.29, 1.82) is 0 Å². The van der Waals surface area contributed by atoms with E-state index in [1.54, 1.807) is 0 Å². The number of rotatable bonds is 4. The van der Waals surface area contributed by atoms with E-state index in [2.05, 4.69) is 21.8 Å². The van der Waals surface area contributed by atoms with Crippen LogP contribution >= 0.6 is 0 Å². The molecule has 1 aliphatic heterocycles. The molecule has 0 atom stereocenters. The summed E-state index contributed by atoms with van der Waals surface area (Å²) in [7, 11) is 0. The fourth-order valence-electron chi connectivity index (χ4n) is 4.11. The lowest BCUT2D eigenvalue weighted by atomic mass is 10.1. The molecule has 0 saturated carbocycles. The van der Waals surface area contributed by atoms with Crippen LogP contribution in [0.15, 0.2) is 57.7 Å². The van der Waals surface area contributed by atoms with Crippen molar-refractivity contribution >= 4 is 28.0 Å². The second-order valence-corrected chi connectivity index (χ2v) is 7.91. The number of fused-ring (bicyclic) bond motifs is 3. The van der Waals surface area contributed by atoms with E-state index >= 15 is 0 Å². The van der Waals surface area contributed by atoms with Crippen LogP contribution in [0.2, 0.25) is 0 Å². The molecule has 0 aliphatic carbocycles. The number of H-pyrrole nitrogens is 1. The van der Waals surface area contributed by atoms with E-state index in [1.807, 2.05) is 53.4 Å². The number of amides is 1. The highest BCUT2D eigenvalue weighted by molar-refractivity contribution is 6.01. The van der Waals surface area contributed by atoms with Crippen molar-refractivity contribution in [3.63, 3.8) is 0 Å². The third-order valence-corrected chi connectivity index (χ3v) is 5.92. The zero-order chi connectivity index (χ0) is 21.4. The van der Waals surface area contributed by atoms with Crippen LogP contribution in [0.1, 0.15) is 28.7 Å². The Balaban J connectivity index is 1.28. The molecule has 0 unspecified atom stereocenters. The minimum absolute atomic E-state index is 0.0696. The second kappa shape index (κ2) is 8.00. The van der Waals surface area contributed by atoms with Gasteiger partial charge >= 0.3 is 0 Å². The Labute approximate surface area is 179 Å². The van der Waals surface area contributed by atoms with Gasteiger partial charge in [-0.25, -0.2) is 4.98 Å². The maximum absolute atomic E-state index is 12.8. The molecule has 2 aromatic carbocycles. The Morgan fingerprint density at radius 3 is 2.55 bits per heavy atom. The van der Waals surface area contributed by atoms with Gasteiger partial charge in [-0.2, -0.15) is 0 Å². The number of carbonyl (C=O) groups excluding carboxylic acids is 1. The number of carbonyl (C=O) groups is 1. The summed E-state index contributed by atoms with van der Waals surface area (Å²) >= 11 is 0. The Morgan fingerprint density at radius 1 is 1.06 bits per heavy atom. The molecule has 1 aliphatic rings. The predicted molar refractivity (Wildman–Crippen MR) is 119 cm³/mol. The zero-order valence-corrected chi connectivity index (χ0v) is 17.4. The number of para-hydroxylation sites is 1. The van der Waals surface area contributed by atoms with E-state index in [4.69, 9.17) is 4.42 Å². The number of nitrogens with one attached hydrogen (secondary N) is 1. The molecule has 7 nitrogen and oxygen atoms in total. The zero-order valence-electron chi connectivity index (χ0n) is 17.4. The van der Waals surface area contributed by atoms with Gasteiger partial charge in [0.1, 0.15) is 16.9 Å². The van der Waals surface area contributed by atoms with E-state index in [9.17, 15) is 9.59 Å². The lowest BCUT2D eigenvalue weighted by Crippen LogP contribution is -2.48. The first-order valence-corrected chi connectivity index (χ1v) is 10.6.